The Bertz CT molecular complexity index is 591. The minimum Gasteiger partial charge on any atom is -0.325 e. The minimum atomic E-state index is -0.519. The number of thioether (sulfide) groups is 1. The number of para-hydroxylation sites is 1. The molecule has 2 amide bonds. The molecule has 5 nitrogen and oxygen atoms in total. The van der Waals surface area contributed by atoms with Crippen LogP contribution in [0.25, 0.3) is 0 Å². The summed E-state index contributed by atoms with van der Waals surface area (Å²) in [6, 6.07) is 6.97. The molecule has 0 atom stereocenters. The van der Waals surface area contributed by atoms with Gasteiger partial charge in [-0.05, 0) is 12.1 Å². The van der Waals surface area contributed by atoms with Crippen LogP contribution in [-0.4, -0.2) is 29.3 Å². The zero-order valence-electron chi connectivity index (χ0n) is 12.4. The molecule has 1 aromatic carbocycles. The molecule has 0 bridgehead atoms. The van der Waals surface area contributed by atoms with Gasteiger partial charge in [-0.3, -0.25) is 14.6 Å². The lowest BCUT2D eigenvalue weighted by Gasteiger charge is -2.19. The molecule has 2 N–H and O–H groups in total. The maximum atomic E-state index is 12.3. The number of carbonyl (C=O) groups is 2. The topological polar surface area (TPSA) is 70.6 Å². The van der Waals surface area contributed by atoms with Crippen molar-refractivity contribution in [3.05, 3.63) is 29.8 Å². The van der Waals surface area contributed by atoms with Crippen molar-refractivity contribution in [2.45, 2.75) is 20.8 Å². The molecule has 2 rings (SSSR count). The number of hydrogen-bond acceptors (Lipinski definition) is 4. The summed E-state index contributed by atoms with van der Waals surface area (Å²) in [5, 5.41) is 6.22. The summed E-state index contributed by atoms with van der Waals surface area (Å²) in [7, 11) is 0. The molecule has 0 saturated carbocycles. The summed E-state index contributed by atoms with van der Waals surface area (Å²) in [4.78, 5) is 28.6. The van der Waals surface area contributed by atoms with Crippen molar-refractivity contribution in [3.63, 3.8) is 0 Å². The summed E-state index contributed by atoms with van der Waals surface area (Å²) in [5.41, 5.74) is 0.429. The molecule has 0 unspecified atom stereocenters. The van der Waals surface area contributed by atoms with Crippen molar-refractivity contribution in [2.75, 3.05) is 17.6 Å². The minimum absolute atomic E-state index is 0.129. The average molecular weight is 305 g/mol. The average Bonchev–Trinajstić information content (AvgIpc) is 2.91. The number of amides is 2. The predicted molar refractivity (Wildman–Crippen MR) is 86.8 cm³/mol. The second-order valence-electron chi connectivity index (χ2n) is 5.74. The van der Waals surface area contributed by atoms with Crippen molar-refractivity contribution >= 4 is 34.4 Å². The van der Waals surface area contributed by atoms with Gasteiger partial charge in [0.2, 0.25) is 5.91 Å². The third kappa shape index (κ3) is 4.07. The normalized spacial score (nSPS) is 14.5. The number of carbonyl (C=O) groups excluding carboxylic acids is 2. The van der Waals surface area contributed by atoms with Crippen LogP contribution in [0.15, 0.2) is 29.3 Å². The molecule has 0 fully saturated rings. The first-order chi connectivity index (χ1) is 9.88. The fourth-order valence-corrected chi connectivity index (χ4v) is 2.40. The van der Waals surface area contributed by atoms with Crippen LogP contribution < -0.4 is 10.6 Å². The lowest BCUT2D eigenvalue weighted by molar-refractivity contribution is -0.123. The van der Waals surface area contributed by atoms with Crippen LogP contribution in [0.2, 0.25) is 0 Å². The van der Waals surface area contributed by atoms with Gasteiger partial charge in [-0.1, -0.05) is 44.7 Å². The molecule has 112 valence electrons. The first-order valence-electron chi connectivity index (χ1n) is 6.77. The Labute approximate surface area is 128 Å². The van der Waals surface area contributed by atoms with E-state index in [9.17, 15) is 9.59 Å². The Kier molecular flexibility index (Phi) is 4.67. The van der Waals surface area contributed by atoms with E-state index in [-0.39, 0.29) is 11.8 Å². The van der Waals surface area contributed by atoms with E-state index in [1.807, 2.05) is 20.8 Å². The summed E-state index contributed by atoms with van der Waals surface area (Å²) in [6.45, 7) is 6.21. The van der Waals surface area contributed by atoms with Crippen molar-refractivity contribution < 1.29 is 9.59 Å². The molecule has 1 aliphatic rings. The van der Waals surface area contributed by atoms with E-state index in [1.165, 1.54) is 11.8 Å². The van der Waals surface area contributed by atoms with E-state index < -0.39 is 5.41 Å². The van der Waals surface area contributed by atoms with Gasteiger partial charge in [0, 0.05) is 11.2 Å². The van der Waals surface area contributed by atoms with Gasteiger partial charge in [-0.15, -0.1) is 0 Å². The van der Waals surface area contributed by atoms with Gasteiger partial charge in [0.15, 0.2) is 5.17 Å². The number of anilines is 1. The molecular formula is C15H19N3O2S. The fourth-order valence-electron chi connectivity index (χ4n) is 1.68. The molecule has 0 radical (unpaired) electrons. The van der Waals surface area contributed by atoms with Gasteiger partial charge < -0.3 is 10.6 Å². The van der Waals surface area contributed by atoms with E-state index in [0.717, 1.165) is 12.3 Å². The highest BCUT2D eigenvalue weighted by atomic mass is 32.2. The molecule has 1 heterocycles. The molecule has 1 aliphatic heterocycles. The van der Waals surface area contributed by atoms with Crippen molar-refractivity contribution in [2.24, 2.45) is 10.4 Å². The number of hydrogen-bond donors (Lipinski definition) is 2. The van der Waals surface area contributed by atoms with E-state index in [1.54, 1.807) is 24.3 Å². The lowest BCUT2D eigenvalue weighted by Crippen LogP contribution is -2.31. The molecule has 21 heavy (non-hydrogen) atoms. The molecule has 0 spiro atoms. The van der Waals surface area contributed by atoms with Crippen molar-refractivity contribution in [1.82, 2.24) is 5.32 Å². The smallest absolute Gasteiger partial charge is 0.259 e. The molecular weight excluding hydrogens is 286 g/mol. The Morgan fingerprint density at radius 1 is 1.19 bits per heavy atom. The zero-order valence-corrected chi connectivity index (χ0v) is 13.2. The molecule has 0 saturated heterocycles. The van der Waals surface area contributed by atoms with Crippen LogP contribution in [-0.2, 0) is 4.79 Å². The van der Waals surface area contributed by atoms with Crippen molar-refractivity contribution in [3.8, 4) is 0 Å². The van der Waals surface area contributed by atoms with Crippen LogP contribution in [0.4, 0.5) is 5.69 Å². The standard InChI is InChI=1S/C15H19N3O2S/c1-15(2,3)13(20)17-11-7-5-4-6-10(11)12(19)18-14-16-8-9-21-14/h4-7H,8-9H2,1-3H3,(H,17,20)(H,16,18,19). The molecule has 0 aliphatic carbocycles. The number of nitrogens with one attached hydrogen (secondary N) is 2. The summed E-state index contributed by atoms with van der Waals surface area (Å²) in [5.74, 6) is 0.501. The van der Waals surface area contributed by atoms with Crippen LogP contribution in [0.5, 0.6) is 0 Å². The third-order valence-corrected chi connectivity index (χ3v) is 3.80. The predicted octanol–water partition coefficient (Wildman–Crippen LogP) is 2.50. The Morgan fingerprint density at radius 2 is 1.90 bits per heavy atom. The number of amidine groups is 1. The van der Waals surface area contributed by atoms with Gasteiger partial charge in [0.25, 0.3) is 5.91 Å². The van der Waals surface area contributed by atoms with Crippen LogP contribution in [0.3, 0.4) is 0 Å². The van der Waals surface area contributed by atoms with E-state index in [0.29, 0.717) is 16.4 Å². The maximum Gasteiger partial charge on any atom is 0.259 e. The quantitative estimate of drug-likeness (QED) is 0.882. The lowest BCUT2D eigenvalue weighted by atomic mass is 9.95. The van der Waals surface area contributed by atoms with Crippen LogP contribution in [0, 0.1) is 5.41 Å². The maximum absolute atomic E-state index is 12.3. The van der Waals surface area contributed by atoms with Gasteiger partial charge in [0.05, 0.1) is 17.8 Å². The van der Waals surface area contributed by atoms with Gasteiger partial charge in [-0.2, -0.15) is 0 Å². The van der Waals surface area contributed by atoms with Gasteiger partial charge >= 0.3 is 0 Å². The second kappa shape index (κ2) is 6.30. The fraction of sp³-hybridized carbons (Fsp3) is 0.400. The largest absolute Gasteiger partial charge is 0.325 e. The number of rotatable bonds is 2. The highest BCUT2D eigenvalue weighted by Gasteiger charge is 2.23. The SMILES string of the molecule is CC(C)(C)C(=O)Nc1ccccc1C(=O)NC1=NCCS1. The van der Waals surface area contributed by atoms with Gasteiger partial charge in [-0.25, -0.2) is 0 Å². The third-order valence-electron chi connectivity index (χ3n) is 2.91. The summed E-state index contributed by atoms with van der Waals surface area (Å²) < 4.78 is 0. The molecule has 1 aromatic rings. The van der Waals surface area contributed by atoms with Crippen LogP contribution in [0.1, 0.15) is 31.1 Å². The van der Waals surface area contributed by atoms with Gasteiger partial charge in [0.1, 0.15) is 0 Å². The summed E-state index contributed by atoms with van der Waals surface area (Å²) in [6.07, 6.45) is 0. The molecule has 0 aromatic heterocycles. The number of nitrogens with zero attached hydrogens (tertiary/aromatic N) is 1. The first kappa shape index (κ1) is 15.6. The monoisotopic (exact) mass is 305 g/mol. The Hall–Kier alpha value is -1.82. The number of benzene rings is 1. The first-order valence-corrected chi connectivity index (χ1v) is 7.75. The second-order valence-corrected chi connectivity index (χ2v) is 6.82. The highest BCUT2D eigenvalue weighted by molar-refractivity contribution is 8.14. The molecule has 6 heteroatoms. The van der Waals surface area contributed by atoms with E-state index in [2.05, 4.69) is 15.6 Å². The number of aliphatic imine (C=N–C) groups is 1. The Balaban J connectivity index is 2.16. The van der Waals surface area contributed by atoms with E-state index >= 15 is 0 Å². The highest BCUT2D eigenvalue weighted by Crippen LogP contribution is 2.21. The zero-order chi connectivity index (χ0) is 15.5. The van der Waals surface area contributed by atoms with Crippen LogP contribution >= 0.6 is 11.8 Å². The Morgan fingerprint density at radius 3 is 2.52 bits per heavy atom. The van der Waals surface area contributed by atoms with Crippen molar-refractivity contribution in [1.29, 1.82) is 0 Å². The van der Waals surface area contributed by atoms with E-state index in [4.69, 9.17) is 0 Å². The summed E-state index contributed by atoms with van der Waals surface area (Å²) >= 11 is 1.52.